The van der Waals surface area contributed by atoms with Gasteiger partial charge in [-0.1, -0.05) is 90.1 Å². The highest BCUT2D eigenvalue weighted by molar-refractivity contribution is 5.94. The molecule has 4 aromatic heterocycles. The van der Waals surface area contributed by atoms with E-state index in [0.29, 0.717) is 11.8 Å². The van der Waals surface area contributed by atoms with Crippen molar-refractivity contribution in [1.82, 2.24) is 34.3 Å². The van der Waals surface area contributed by atoms with Crippen LogP contribution in [0, 0.1) is 12.8 Å². The van der Waals surface area contributed by atoms with Crippen LogP contribution >= 0.6 is 0 Å². The Bertz CT molecular complexity index is 1810. The lowest BCUT2D eigenvalue weighted by atomic mass is 9.82. The second-order valence-corrected chi connectivity index (χ2v) is 11.8. The van der Waals surface area contributed by atoms with Gasteiger partial charge in [-0.05, 0) is 37.8 Å². The first-order valence-corrected chi connectivity index (χ1v) is 15.6. The molecule has 7 heteroatoms. The number of nitrogens with zero attached hydrogens (tertiary/aromatic N) is 7. The van der Waals surface area contributed by atoms with Crippen molar-refractivity contribution in [3.8, 4) is 16.9 Å². The fourth-order valence-electron chi connectivity index (χ4n) is 6.01. The van der Waals surface area contributed by atoms with Gasteiger partial charge in [-0.25, -0.2) is 9.67 Å². The molecule has 0 unspecified atom stereocenters. The average Bonchev–Trinajstić information content (AvgIpc) is 3.64. The van der Waals surface area contributed by atoms with Crippen LogP contribution in [-0.2, 0) is 13.6 Å². The van der Waals surface area contributed by atoms with Crippen molar-refractivity contribution in [3.63, 3.8) is 0 Å². The zero-order valence-corrected chi connectivity index (χ0v) is 26.8. The van der Waals surface area contributed by atoms with Crippen LogP contribution in [0.5, 0.6) is 0 Å². The van der Waals surface area contributed by atoms with Gasteiger partial charge in [-0.2, -0.15) is 15.3 Å². The largest absolute Gasteiger partial charge is 0.273 e. The highest BCUT2D eigenvalue weighted by Crippen LogP contribution is 2.41. The molecule has 0 amide bonds. The molecule has 4 heterocycles. The first-order valence-electron chi connectivity index (χ1n) is 15.6. The second-order valence-electron chi connectivity index (χ2n) is 11.8. The van der Waals surface area contributed by atoms with Crippen molar-refractivity contribution >= 4 is 21.9 Å². The van der Waals surface area contributed by atoms with Crippen LogP contribution in [0.1, 0.15) is 82.7 Å². The Morgan fingerprint density at radius 1 is 1.09 bits per heavy atom. The van der Waals surface area contributed by atoms with Gasteiger partial charge in [0.25, 0.3) is 0 Å². The smallest absolute Gasteiger partial charge is 0.181 e. The summed E-state index contributed by atoms with van der Waals surface area (Å²) in [6.07, 6.45) is 13.5. The van der Waals surface area contributed by atoms with Gasteiger partial charge in [0, 0.05) is 65.4 Å². The number of hydrogen-bond acceptors (Lipinski definition) is 4. The third-order valence-corrected chi connectivity index (χ3v) is 8.47. The molecule has 1 atom stereocenters. The number of aromatic nitrogens is 7. The first kappa shape index (κ1) is 30.2. The van der Waals surface area contributed by atoms with Crippen LogP contribution in [0.2, 0.25) is 0 Å². The van der Waals surface area contributed by atoms with Crippen LogP contribution in [-0.4, -0.2) is 34.3 Å². The SMILES string of the molecule is C=C/C=C\C(=C)[C@@H](C)Cn1cc2c(-c3nn(-c4cc5cn(C)nc5nc4C4CCC4)c(C)c3C(C)C)cccc2n1.CC. The maximum absolute atomic E-state index is 5.35. The molecule has 0 aliphatic heterocycles. The van der Waals surface area contributed by atoms with Gasteiger partial charge in [-0.15, -0.1) is 0 Å². The highest BCUT2D eigenvalue weighted by atomic mass is 15.3. The van der Waals surface area contributed by atoms with Crippen molar-refractivity contribution in [1.29, 1.82) is 0 Å². The van der Waals surface area contributed by atoms with E-state index in [0.717, 1.165) is 75.2 Å². The van der Waals surface area contributed by atoms with E-state index in [-0.39, 0.29) is 5.92 Å². The van der Waals surface area contributed by atoms with Gasteiger partial charge < -0.3 is 0 Å². The number of aryl methyl sites for hydroxylation is 1. The first-order chi connectivity index (χ1) is 20.7. The van der Waals surface area contributed by atoms with Gasteiger partial charge in [0.1, 0.15) is 0 Å². The van der Waals surface area contributed by atoms with E-state index in [4.69, 9.17) is 15.2 Å². The Balaban J connectivity index is 0.00000180. The van der Waals surface area contributed by atoms with E-state index in [2.05, 4.69) is 81.1 Å². The van der Waals surface area contributed by atoms with E-state index >= 15 is 0 Å². The van der Waals surface area contributed by atoms with Crippen LogP contribution in [0.15, 0.2) is 73.6 Å². The minimum Gasteiger partial charge on any atom is -0.273 e. The number of hydrogen-bond donors (Lipinski definition) is 0. The molecular weight excluding hydrogens is 530 g/mol. The average molecular weight is 576 g/mol. The summed E-state index contributed by atoms with van der Waals surface area (Å²) in [5, 5.41) is 17.0. The molecule has 43 heavy (non-hydrogen) atoms. The molecule has 0 saturated heterocycles. The highest BCUT2D eigenvalue weighted by Gasteiger charge is 2.29. The molecule has 7 nitrogen and oxygen atoms in total. The summed E-state index contributed by atoms with van der Waals surface area (Å²) >= 11 is 0. The van der Waals surface area contributed by atoms with E-state index in [1.165, 1.54) is 12.0 Å². The second kappa shape index (κ2) is 12.5. The van der Waals surface area contributed by atoms with Crippen LogP contribution < -0.4 is 0 Å². The summed E-state index contributed by atoms with van der Waals surface area (Å²) in [5.41, 5.74) is 9.56. The molecule has 0 spiro atoms. The van der Waals surface area contributed by atoms with Crippen LogP contribution in [0.25, 0.3) is 38.9 Å². The standard InChI is InChI=1S/C34H39N7.C2H6/c1-8-9-12-22(4)23(5)18-40-20-28-27(15-11-16-29(28)36-40)33-31(21(2)3)24(6)41(37-33)30-17-26-19-39(7)38-34(26)35-32(30)25-13-10-14-25;1-2/h8-9,11-12,15-17,19-21,23,25H,1,4,10,13-14,18H2,2-3,5-7H3;1-2H3/b12-9-;/t23-;/m0./s1. The molecule has 0 radical (unpaired) electrons. The quantitative estimate of drug-likeness (QED) is 0.165. The summed E-state index contributed by atoms with van der Waals surface area (Å²) in [6.45, 7) is 21.6. The van der Waals surface area contributed by atoms with E-state index in [1.54, 1.807) is 6.08 Å². The maximum Gasteiger partial charge on any atom is 0.181 e. The van der Waals surface area contributed by atoms with Crippen LogP contribution in [0.4, 0.5) is 0 Å². The maximum atomic E-state index is 5.35. The molecule has 1 fully saturated rings. The Morgan fingerprint density at radius 3 is 2.53 bits per heavy atom. The van der Waals surface area contributed by atoms with E-state index in [9.17, 15) is 0 Å². The Kier molecular flexibility index (Phi) is 8.81. The predicted molar refractivity (Wildman–Crippen MR) is 179 cm³/mol. The predicted octanol–water partition coefficient (Wildman–Crippen LogP) is 8.83. The van der Waals surface area contributed by atoms with E-state index in [1.807, 2.05) is 48.6 Å². The van der Waals surface area contributed by atoms with Gasteiger partial charge in [0.2, 0.25) is 0 Å². The molecule has 1 aliphatic rings. The molecule has 224 valence electrons. The number of fused-ring (bicyclic) bond motifs is 2. The molecule has 1 aliphatic carbocycles. The molecule has 5 aromatic rings. The Labute approximate surface area is 255 Å². The topological polar surface area (TPSA) is 66.3 Å². The Morgan fingerprint density at radius 2 is 1.86 bits per heavy atom. The molecule has 0 bridgehead atoms. The number of pyridine rings is 1. The lowest BCUT2D eigenvalue weighted by Crippen LogP contribution is -2.15. The van der Waals surface area contributed by atoms with Crippen molar-refractivity contribution < 1.29 is 0 Å². The summed E-state index contributed by atoms with van der Waals surface area (Å²) in [6, 6.07) is 8.58. The van der Waals surface area contributed by atoms with E-state index < -0.39 is 0 Å². The van der Waals surface area contributed by atoms with Gasteiger partial charge in [0.15, 0.2) is 5.65 Å². The number of rotatable bonds is 9. The minimum absolute atomic E-state index is 0.247. The third-order valence-electron chi connectivity index (χ3n) is 8.47. The zero-order chi connectivity index (χ0) is 30.8. The summed E-state index contributed by atoms with van der Waals surface area (Å²) in [4.78, 5) is 5.08. The number of allylic oxidation sites excluding steroid dienone is 4. The lowest BCUT2D eigenvalue weighted by molar-refractivity contribution is 0.410. The van der Waals surface area contributed by atoms with Gasteiger partial charge in [-0.3, -0.25) is 9.36 Å². The third kappa shape index (κ3) is 5.73. The van der Waals surface area contributed by atoms with Crippen LogP contribution in [0.3, 0.4) is 0 Å². The molecule has 6 rings (SSSR count). The normalized spacial score (nSPS) is 14.3. The summed E-state index contributed by atoms with van der Waals surface area (Å²) in [5.74, 6) is 0.994. The summed E-state index contributed by atoms with van der Waals surface area (Å²) < 4.78 is 6.02. The monoisotopic (exact) mass is 575 g/mol. The van der Waals surface area contributed by atoms with Gasteiger partial charge >= 0.3 is 0 Å². The Hall–Kier alpha value is -4.26. The zero-order valence-electron chi connectivity index (χ0n) is 26.8. The molecule has 1 aromatic carbocycles. The van der Waals surface area contributed by atoms with Gasteiger partial charge in [0.05, 0.1) is 22.6 Å². The van der Waals surface area contributed by atoms with Crippen molar-refractivity contribution in [3.05, 3.63) is 90.6 Å². The van der Waals surface area contributed by atoms with Crippen molar-refractivity contribution in [2.45, 2.75) is 79.2 Å². The molecule has 0 N–H and O–H groups in total. The lowest BCUT2D eigenvalue weighted by Gasteiger charge is -2.27. The fourth-order valence-corrected chi connectivity index (χ4v) is 6.01. The van der Waals surface area contributed by atoms with Crippen molar-refractivity contribution in [2.24, 2.45) is 13.0 Å². The number of benzene rings is 1. The molecule has 1 saturated carbocycles. The minimum atomic E-state index is 0.247. The van der Waals surface area contributed by atoms with Crippen molar-refractivity contribution in [2.75, 3.05) is 0 Å². The fraction of sp³-hybridized carbons (Fsp3) is 0.389. The molecular formula is C36H45N7. The summed E-state index contributed by atoms with van der Waals surface area (Å²) in [7, 11) is 1.95.